The van der Waals surface area contributed by atoms with E-state index < -0.39 is 0 Å². The minimum Gasteiger partial charge on any atom is -0.493 e. The van der Waals surface area contributed by atoms with Gasteiger partial charge in [-0.2, -0.15) is 0 Å². The second kappa shape index (κ2) is 6.13. The lowest BCUT2D eigenvalue weighted by Crippen LogP contribution is -2.32. The Morgan fingerprint density at radius 3 is 2.80 bits per heavy atom. The van der Waals surface area contributed by atoms with Crippen molar-refractivity contribution in [2.75, 3.05) is 11.9 Å². The van der Waals surface area contributed by atoms with Crippen LogP contribution in [0, 0.1) is 5.41 Å². The van der Waals surface area contributed by atoms with Crippen LogP contribution in [-0.2, 0) is 0 Å². The molecule has 1 aliphatic rings. The van der Waals surface area contributed by atoms with Gasteiger partial charge < -0.3 is 4.74 Å². The fraction of sp³-hybridized carbons (Fsp3) is 0.471. The molecule has 0 aliphatic heterocycles. The smallest absolute Gasteiger partial charge is 0.121 e. The largest absolute Gasteiger partial charge is 0.493 e. The van der Waals surface area contributed by atoms with E-state index in [1.54, 1.807) is 0 Å². The molecule has 0 amide bonds. The predicted octanol–water partition coefficient (Wildman–Crippen LogP) is 4.96. The molecule has 3 heteroatoms. The van der Waals surface area contributed by atoms with Crippen LogP contribution in [0.1, 0.15) is 32.1 Å². The molecule has 0 atom stereocenters. The monoisotopic (exact) mass is 333 g/mol. The van der Waals surface area contributed by atoms with E-state index in [0.29, 0.717) is 5.41 Å². The minimum atomic E-state index is 0.317. The third-order valence-corrected chi connectivity index (χ3v) is 5.51. The molecular formula is C17H20BrNO. The van der Waals surface area contributed by atoms with Crippen molar-refractivity contribution in [3.05, 3.63) is 36.5 Å². The Bertz CT molecular complexity index is 578. The number of aromatic nitrogens is 1. The van der Waals surface area contributed by atoms with Crippen molar-refractivity contribution in [1.82, 2.24) is 4.98 Å². The van der Waals surface area contributed by atoms with Crippen LogP contribution in [0.5, 0.6) is 5.75 Å². The number of nitrogens with zero attached hydrogens (tertiary/aromatic N) is 1. The van der Waals surface area contributed by atoms with Gasteiger partial charge in [0.05, 0.1) is 12.1 Å². The molecule has 1 aromatic heterocycles. The molecule has 1 saturated carbocycles. The zero-order chi connectivity index (χ0) is 13.8. The van der Waals surface area contributed by atoms with Gasteiger partial charge in [-0.25, -0.2) is 0 Å². The molecule has 0 unspecified atom stereocenters. The number of rotatable bonds is 4. The summed E-state index contributed by atoms with van der Waals surface area (Å²) in [6.07, 6.45) is 8.39. The van der Waals surface area contributed by atoms with Crippen molar-refractivity contribution in [3.63, 3.8) is 0 Å². The van der Waals surface area contributed by atoms with E-state index in [9.17, 15) is 0 Å². The fourth-order valence-electron chi connectivity index (χ4n) is 2.99. The van der Waals surface area contributed by atoms with E-state index in [1.165, 1.54) is 32.1 Å². The molecule has 1 aromatic carbocycles. The molecule has 1 fully saturated rings. The SMILES string of the molecule is BrCC1(COc2ccc3cccnc3c2)CCCCC1. The summed E-state index contributed by atoms with van der Waals surface area (Å²) >= 11 is 3.69. The number of fused-ring (bicyclic) bond motifs is 1. The molecule has 1 aliphatic carbocycles. The lowest BCUT2D eigenvalue weighted by molar-refractivity contribution is 0.122. The summed E-state index contributed by atoms with van der Waals surface area (Å²) in [5.41, 5.74) is 1.32. The summed E-state index contributed by atoms with van der Waals surface area (Å²) in [5, 5.41) is 2.19. The number of ether oxygens (including phenoxy) is 1. The highest BCUT2D eigenvalue weighted by molar-refractivity contribution is 9.09. The second-order valence-corrected chi connectivity index (χ2v) is 6.40. The Morgan fingerprint density at radius 1 is 1.15 bits per heavy atom. The number of benzene rings is 1. The first-order valence-corrected chi connectivity index (χ1v) is 8.47. The van der Waals surface area contributed by atoms with Crippen molar-refractivity contribution in [3.8, 4) is 5.75 Å². The van der Waals surface area contributed by atoms with Crippen molar-refractivity contribution in [2.45, 2.75) is 32.1 Å². The summed E-state index contributed by atoms with van der Waals surface area (Å²) in [6.45, 7) is 0.802. The zero-order valence-corrected chi connectivity index (χ0v) is 13.2. The average Bonchev–Trinajstić information content (AvgIpc) is 2.54. The molecule has 0 N–H and O–H groups in total. The Hall–Kier alpha value is -1.09. The predicted molar refractivity (Wildman–Crippen MR) is 86.6 cm³/mol. The van der Waals surface area contributed by atoms with Crippen LogP contribution in [0.4, 0.5) is 0 Å². The Kier molecular flexibility index (Phi) is 4.25. The maximum absolute atomic E-state index is 6.08. The van der Waals surface area contributed by atoms with E-state index in [0.717, 1.165) is 28.6 Å². The minimum absolute atomic E-state index is 0.317. The third kappa shape index (κ3) is 2.98. The second-order valence-electron chi connectivity index (χ2n) is 5.84. The van der Waals surface area contributed by atoms with E-state index >= 15 is 0 Å². The quantitative estimate of drug-likeness (QED) is 0.738. The van der Waals surface area contributed by atoms with E-state index in [1.807, 2.05) is 18.3 Å². The van der Waals surface area contributed by atoms with E-state index in [2.05, 4.69) is 39.1 Å². The van der Waals surface area contributed by atoms with Crippen LogP contribution in [0.2, 0.25) is 0 Å². The number of pyridine rings is 1. The summed E-state index contributed by atoms with van der Waals surface area (Å²) in [7, 11) is 0. The van der Waals surface area contributed by atoms with E-state index in [-0.39, 0.29) is 0 Å². The van der Waals surface area contributed by atoms with Gasteiger partial charge in [-0.15, -0.1) is 0 Å². The van der Waals surface area contributed by atoms with Crippen LogP contribution >= 0.6 is 15.9 Å². The van der Waals surface area contributed by atoms with Gasteiger partial charge in [0.25, 0.3) is 0 Å². The molecule has 2 aromatic rings. The van der Waals surface area contributed by atoms with E-state index in [4.69, 9.17) is 4.74 Å². The highest BCUT2D eigenvalue weighted by Crippen LogP contribution is 2.38. The molecule has 106 valence electrons. The van der Waals surface area contributed by atoms with Gasteiger partial charge in [0.15, 0.2) is 0 Å². The summed E-state index contributed by atoms with van der Waals surface area (Å²) in [5.74, 6) is 0.932. The molecule has 0 bridgehead atoms. The van der Waals surface area contributed by atoms with Gasteiger partial charge in [0, 0.05) is 28.4 Å². The van der Waals surface area contributed by atoms with Gasteiger partial charge in [-0.05, 0) is 31.0 Å². The Labute approximate surface area is 128 Å². The standard InChI is InChI=1S/C17H20BrNO/c18-12-17(8-2-1-3-9-17)13-20-15-7-6-14-5-4-10-19-16(14)11-15/h4-7,10-11H,1-3,8-9,12-13H2. The topological polar surface area (TPSA) is 22.1 Å². The molecule has 20 heavy (non-hydrogen) atoms. The highest BCUT2D eigenvalue weighted by Gasteiger charge is 2.31. The Balaban J connectivity index is 1.72. The first-order chi connectivity index (χ1) is 9.81. The molecule has 3 rings (SSSR count). The van der Waals surface area contributed by atoms with Gasteiger partial charge in [0.2, 0.25) is 0 Å². The third-order valence-electron chi connectivity index (χ3n) is 4.32. The molecule has 0 saturated heterocycles. The Morgan fingerprint density at radius 2 is 2.00 bits per heavy atom. The number of hydrogen-bond donors (Lipinski definition) is 0. The molecule has 2 nitrogen and oxygen atoms in total. The van der Waals surface area contributed by atoms with Crippen LogP contribution < -0.4 is 4.74 Å². The first kappa shape index (κ1) is 13.9. The van der Waals surface area contributed by atoms with Gasteiger partial charge >= 0.3 is 0 Å². The van der Waals surface area contributed by atoms with Crippen molar-refractivity contribution >= 4 is 26.8 Å². The maximum Gasteiger partial charge on any atom is 0.121 e. The van der Waals surface area contributed by atoms with Crippen LogP contribution in [0.25, 0.3) is 10.9 Å². The normalized spacial score (nSPS) is 18.1. The molecule has 0 spiro atoms. The number of alkyl halides is 1. The van der Waals surface area contributed by atoms with Crippen molar-refractivity contribution in [1.29, 1.82) is 0 Å². The molecule has 0 radical (unpaired) electrons. The zero-order valence-electron chi connectivity index (χ0n) is 11.6. The lowest BCUT2D eigenvalue weighted by atomic mass is 9.76. The average molecular weight is 334 g/mol. The highest BCUT2D eigenvalue weighted by atomic mass is 79.9. The fourth-order valence-corrected chi connectivity index (χ4v) is 3.71. The summed E-state index contributed by atoms with van der Waals surface area (Å²) in [6, 6.07) is 10.2. The molecular weight excluding hydrogens is 314 g/mol. The first-order valence-electron chi connectivity index (χ1n) is 7.35. The van der Waals surface area contributed by atoms with Gasteiger partial charge in [0.1, 0.15) is 5.75 Å². The summed E-state index contributed by atoms with van der Waals surface area (Å²) < 4.78 is 6.08. The molecule has 1 heterocycles. The van der Waals surface area contributed by atoms with Gasteiger partial charge in [-0.3, -0.25) is 4.98 Å². The van der Waals surface area contributed by atoms with Crippen molar-refractivity contribution < 1.29 is 4.74 Å². The summed E-state index contributed by atoms with van der Waals surface area (Å²) in [4.78, 5) is 4.38. The van der Waals surface area contributed by atoms with Crippen molar-refractivity contribution in [2.24, 2.45) is 5.41 Å². The van der Waals surface area contributed by atoms with Crippen LogP contribution in [0.15, 0.2) is 36.5 Å². The van der Waals surface area contributed by atoms with Crippen LogP contribution in [-0.4, -0.2) is 16.9 Å². The van der Waals surface area contributed by atoms with Crippen LogP contribution in [0.3, 0.4) is 0 Å². The number of hydrogen-bond acceptors (Lipinski definition) is 2. The van der Waals surface area contributed by atoms with Gasteiger partial charge in [-0.1, -0.05) is 41.3 Å². The maximum atomic E-state index is 6.08. The lowest BCUT2D eigenvalue weighted by Gasteiger charge is -2.35. The number of halogens is 1.